The minimum Gasteiger partial charge on any atom is -0.321 e. The standard InChI is InChI=1S/C17H13N5O/c23-17(16-15-6-1-2-7-22(15)11-18-16)21-14-5-3-4-12(8-14)13-9-19-20-10-13/h1-11H,(H,19,20)(H,21,23). The van der Waals surface area contributed by atoms with Crippen LogP contribution in [-0.2, 0) is 0 Å². The molecule has 1 aromatic carbocycles. The van der Waals surface area contributed by atoms with Crippen LogP contribution in [0.15, 0.2) is 67.4 Å². The fourth-order valence-corrected chi connectivity index (χ4v) is 2.49. The molecule has 0 aliphatic heterocycles. The van der Waals surface area contributed by atoms with Gasteiger partial charge in [-0.25, -0.2) is 4.98 Å². The van der Waals surface area contributed by atoms with Crippen LogP contribution in [0.5, 0.6) is 0 Å². The molecule has 0 spiro atoms. The van der Waals surface area contributed by atoms with Gasteiger partial charge in [0, 0.05) is 23.6 Å². The van der Waals surface area contributed by atoms with Crippen LogP contribution in [0.1, 0.15) is 10.5 Å². The number of carbonyl (C=O) groups is 1. The third kappa shape index (κ3) is 2.46. The molecule has 3 aromatic heterocycles. The Labute approximate surface area is 131 Å². The molecule has 1 amide bonds. The highest BCUT2D eigenvalue weighted by Gasteiger charge is 2.13. The summed E-state index contributed by atoms with van der Waals surface area (Å²) in [4.78, 5) is 16.7. The highest BCUT2D eigenvalue weighted by atomic mass is 16.1. The van der Waals surface area contributed by atoms with Gasteiger partial charge >= 0.3 is 0 Å². The lowest BCUT2D eigenvalue weighted by Gasteiger charge is -2.06. The van der Waals surface area contributed by atoms with E-state index in [-0.39, 0.29) is 5.91 Å². The summed E-state index contributed by atoms with van der Waals surface area (Å²) in [7, 11) is 0. The quantitative estimate of drug-likeness (QED) is 0.611. The predicted molar refractivity (Wildman–Crippen MR) is 87.2 cm³/mol. The molecule has 6 nitrogen and oxygen atoms in total. The number of imidazole rings is 1. The normalized spacial score (nSPS) is 10.8. The van der Waals surface area contributed by atoms with Gasteiger partial charge in [0.15, 0.2) is 5.69 Å². The molecular weight excluding hydrogens is 290 g/mol. The lowest BCUT2D eigenvalue weighted by Crippen LogP contribution is -2.12. The number of amides is 1. The van der Waals surface area contributed by atoms with E-state index in [1.54, 1.807) is 12.5 Å². The molecule has 0 fully saturated rings. The number of nitrogens with one attached hydrogen (secondary N) is 2. The van der Waals surface area contributed by atoms with E-state index >= 15 is 0 Å². The molecule has 0 aliphatic rings. The molecule has 112 valence electrons. The monoisotopic (exact) mass is 303 g/mol. The van der Waals surface area contributed by atoms with Gasteiger partial charge < -0.3 is 9.72 Å². The fraction of sp³-hybridized carbons (Fsp3) is 0. The Kier molecular flexibility index (Phi) is 3.12. The Morgan fingerprint density at radius 2 is 2.09 bits per heavy atom. The van der Waals surface area contributed by atoms with Crippen molar-refractivity contribution in [3.05, 3.63) is 73.1 Å². The average Bonchev–Trinajstić information content (AvgIpc) is 3.25. The average molecular weight is 303 g/mol. The topological polar surface area (TPSA) is 75.1 Å². The number of anilines is 1. The van der Waals surface area contributed by atoms with Gasteiger partial charge in [0.05, 0.1) is 11.7 Å². The third-order valence-corrected chi connectivity index (χ3v) is 3.61. The number of carbonyl (C=O) groups excluding carboxylic acids is 1. The summed E-state index contributed by atoms with van der Waals surface area (Å²) in [6.07, 6.45) is 7.04. The van der Waals surface area contributed by atoms with E-state index in [4.69, 9.17) is 0 Å². The molecule has 0 saturated heterocycles. The van der Waals surface area contributed by atoms with Crippen molar-refractivity contribution in [2.45, 2.75) is 0 Å². The lowest BCUT2D eigenvalue weighted by atomic mass is 10.1. The van der Waals surface area contributed by atoms with Crippen molar-refractivity contribution in [2.75, 3.05) is 5.32 Å². The maximum atomic E-state index is 12.5. The first-order valence-electron chi connectivity index (χ1n) is 7.13. The number of hydrogen-bond donors (Lipinski definition) is 2. The number of benzene rings is 1. The molecule has 4 rings (SSSR count). The molecule has 6 heteroatoms. The van der Waals surface area contributed by atoms with Gasteiger partial charge in [-0.3, -0.25) is 9.89 Å². The number of aromatic amines is 1. The van der Waals surface area contributed by atoms with Crippen LogP contribution in [0.4, 0.5) is 5.69 Å². The predicted octanol–water partition coefficient (Wildman–Crippen LogP) is 2.98. The summed E-state index contributed by atoms with van der Waals surface area (Å²) in [6, 6.07) is 13.2. The number of fused-ring (bicyclic) bond motifs is 1. The number of H-pyrrole nitrogens is 1. The summed E-state index contributed by atoms with van der Waals surface area (Å²) < 4.78 is 1.82. The zero-order chi connectivity index (χ0) is 15.6. The summed E-state index contributed by atoms with van der Waals surface area (Å²) in [5, 5.41) is 9.61. The summed E-state index contributed by atoms with van der Waals surface area (Å²) >= 11 is 0. The van der Waals surface area contributed by atoms with Crippen LogP contribution in [0.25, 0.3) is 16.6 Å². The van der Waals surface area contributed by atoms with Gasteiger partial charge in [-0.05, 0) is 29.8 Å². The Morgan fingerprint density at radius 1 is 1.13 bits per heavy atom. The second-order valence-corrected chi connectivity index (χ2v) is 5.11. The van der Waals surface area contributed by atoms with Crippen LogP contribution in [0.3, 0.4) is 0 Å². The lowest BCUT2D eigenvalue weighted by molar-refractivity contribution is 0.102. The van der Waals surface area contributed by atoms with Crippen molar-refractivity contribution in [1.29, 1.82) is 0 Å². The van der Waals surface area contributed by atoms with Crippen molar-refractivity contribution >= 4 is 17.1 Å². The first kappa shape index (κ1) is 13.3. The van der Waals surface area contributed by atoms with Gasteiger partial charge in [-0.1, -0.05) is 18.2 Å². The molecule has 0 saturated carbocycles. The summed E-state index contributed by atoms with van der Waals surface area (Å²) in [6.45, 7) is 0. The smallest absolute Gasteiger partial charge is 0.276 e. The molecule has 0 radical (unpaired) electrons. The maximum Gasteiger partial charge on any atom is 0.276 e. The minimum absolute atomic E-state index is 0.233. The van der Waals surface area contributed by atoms with Crippen LogP contribution >= 0.6 is 0 Å². The van der Waals surface area contributed by atoms with Gasteiger partial charge in [0.2, 0.25) is 0 Å². The Balaban J connectivity index is 1.63. The number of nitrogens with zero attached hydrogens (tertiary/aromatic N) is 3. The van der Waals surface area contributed by atoms with Crippen molar-refractivity contribution in [1.82, 2.24) is 19.6 Å². The SMILES string of the molecule is O=C(Nc1cccc(-c2cn[nH]c2)c1)c1ncn2ccccc12. The van der Waals surface area contributed by atoms with Crippen LogP contribution in [0.2, 0.25) is 0 Å². The van der Waals surface area contributed by atoms with Crippen molar-refractivity contribution in [3.63, 3.8) is 0 Å². The second-order valence-electron chi connectivity index (χ2n) is 5.11. The van der Waals surface area contributed by atoms with Gasteiger partial charge in [0.1, 0.15) is 6.33 Å². The van der Waals surface area contributed by atoms with E-state index in [1.165, 1.54) is 0 Å². The number of hydrogen-bond acceptors (Lipinski definition) is 3. The molecule has 0 unspecified atom stereocenters. The Hall–Kier alpha value is -3.41. The maximum absolute atomic E-state index is 12.5. The Bertz CT molecular complexity index is 972. The zero-order valence-corrected chi connectivity index (χ0v) is 12.1. The highest BCUT2D eigenvalue weighted by Crippen LogP contribution is 2.22. The van der Waals surface area contributed by atoms with E-state index in [9.17, 15) is 4.79 Å². The fourth-order valence-electron chi connectivity index (χ4n) is 2.49. The molecule has 0 atom stereocenters. The first-order chi connectivity index (χ1) is 11.3. The Morgan fingerprint density at radius 3 is 2.96 bits per heavy atom. The number of rotatable bonds is 3. The van der Waals surface area contributed by atoms with E-state index in [2.05, 4.69) is 20.5 Å². The molecule has 3 heterocycles. The molecule has 23 heavy (non-hydrogen) atoms. The number of aromatic nitrogens is 4. The number of pyridine rings is 1. The van der Waals surface area contributed by atoms with Crippen LogP contribution in [0, 0.1) is 0 Å². The molecule has 2 N–H and O–H groups in total. The van der Waals surface area contributed by atoms with E-state index in [0.29, 0.717) is 11.4 Å². The van der Waals surface area contributed by atoms with Crippen LogP contribution in [-0.4, -0.2) is 25.5 Å². The van der Waals surface area contributed by atoms with Gasteiger partial charge in [0.25, 0.3) is 5.91 Å². The van der Waals surface area contributed by atoms with E-state index in [0.717, 1.165) is 16.6 Å². The molecular formula is C17H13N5O. The van der Waals surface area contributed by atoms with Crippen molar-refractivity contribution < 1.29 is 4.79 Å². The van der Waals surface area contributed by atoms with Gasteiger partial charge in [-0.2, -0.15) is 5.10 Å². The molecule has 4 aromatic rings. The highest BCUT2D eigenvalue weighted by molar-refractivity contribution is 6.07. The van der Waals surface area contributed by atoms with E-state index in [1.807, 2.05) is 59.3 Å². The van der Waals surface area contributed by atoms with Crippen molar-refractivity contribution in [3.8, 4) is 11.1 Å². The second kappa shape index (κ2) is 5.42. The van der Waals surface area contributed by atoms with E-state index < -0.39 is 0 Å². The third-order valence-electron chi connectivity index (χ3n) is 3.61. The van der Waals surface area contributed by atoms with Gasteiger partial charge in [-0.15, -0.1) is 0 Å². The summed E-state index contributed by atoms with van der Waals surface area (Å²) in [5.74, 6) is -0.233. The first-order valence-corrected chi connectivity index (χ1v) is 7.13. The molecule has 0 bridgehead atoms. The van der Waals surface area contributed by atoms with Crippen LogP contribution < -0.4 is 5.32 Å². The minimum atomic E-state index is -0.233. The summed E-state index contributed by atoms with van der Waals surface area (Å²) in [5.41, 5.74) is 3.83. The molecule has 0 aliphatic carbocycles. The zero-order valence-electron chi connectivity index (χ0n) is 12.1. The van der Waals surface area contributed by atoms with Crippen molar-refractivity contribution in [2.24, 2.45) is 0 Å². The largest absolute Gasteiger partial charge is 0.321 e.